The number of hydrogen-bond donors (Lipinski definition) is 1. The Morgan fingerprint density at radius 2 is 1.90 bits per heavy atom. The van der Waals surface area contributed by atoms with E-state index in [1.807, 2.05) is 6.92 Å². The molecule has 0 aliphatic heterocycles. The molecule has 1 atom stereocenters. The van der Waals surface area contributed by atoms with E-state index < -0.39 is 15.9 Å². The van der Waals surface area contributed by atoms with E-state index in [0.717, 1.165) is 18.4 Å². The monoisotopic (exact) mass is 311 g/mol. The Morgan fingerprint density at radius 1 is 1.24 bits per heavy atom. The second-order valence-electron chi connectivity index (χ2n) is 5.05. The van der Waals surface area contributed by atoms with Crippen molar-refractivity contribution in [1.29, 1.82) is 0 Å². The number of unbranched alkanes of at least 4 members (excludes halogenated alkanes) is 2. The molecule has 116 valence electrons. The van der Waals surface area contributed by atoms with Crippen LogP contribution in [-0.2, 0) is 9.84 Å². The third-order valence-corrected chi connectivity index (χ3v) is 4.96. The van der Waals surface area contributed by atoms with E-state index in [4.69, 9.17) is 5.53 Å². The quantitative estimate of drug-likeness (QED) is 0.328. The van der Waals surface area contributed by atoms with Crippen molar-refractivity contribution in [3.8, 4) is 0 Å². The summed E-state index contributed by atoms with van der Waals surface area (Å²) in [7, 11) is -3.44. The smallest absolute Gasteiger partial charge is 0.180 e. The summed E-state index contributed by atoms with van der Waals surface area (Å²) in [6.45, 7) is 2.33. The maximum Gasteiger partial charge on any atom is 0.180 e. The first-order valence-corrected chi connectivity index (χ1v) is 8.59. The molecule has 0 heterocycles. The molecule has 0 bridgehead atoms. The van der Waals surface area contributed by atoms with Crippen LogP contribution in [-0.4, -0.2) is 31.9 Å². The van der Waals surface area contributed by atoms with E-state index in [1.165, 1.54) is 0 Å². The molecule has 1 aromatic rings. The molecule has 0 saturated carbocycles. The van der Waals surface area contributed by atoms with Crippen LogP contribution in [0.3, 0.4) is 0 Å². The number of rotatable bonds is 9. The van der Waals surface area contributed by atoms with Crippen molar-refractivity contribution in [3.63, 3.8) is 0 Å². The SMILES string of the molecule is Cc1ccc(S(=O)(=O)CC(O)CCCCCN=[N+]=[N-])cc1. The Kier molecular flexibility index (Phi) is 7.22. The second-order valence-corrected chi connectivity index (χ2v) is 7.09. The Balaban J connectivity index is 2.40. The van der Waals surface area contributed by atoms with Crippen LogP contribution in [0.5, 0.6) is 0 Å². The Hall–Kier alpha value is -1.56. The van der Waals surface area contributed by atoms with Gasteiger partial charge in [-0.25, -0.2) is 8.42 Å². The van der Waals surface area contributed by atoms with E-state index in [2.05, 4.69) is 10.0 Å². The standard InChI is InChI=1S/C14H21N3O3S/c1-12-6-8-14(9-7-12)21(19,20)11-13(18)5-3-2-4-10-16-17-15/h6-9,13,18H,2-5,10-11H2,1H3. The molecule has 0 aromatic heterocycles. The van der Waals surface area contributed by atoms with Crippen molar-refractivity contribution in [2.75, 3.05) is 12.3 Å². The summed E-state index contributed by atoms with van der Waals surface area (Å²) in [5, 5.41) is 13.3. The van der Waals surface area contributed by atoms with Gasteiger partial charge in [0.15, 0.2) is 9.84 Å². The second kappa shape index (κ2) is 8.67. The molecular weight excluding hydrogens is 290 g/mol. The highest BCUT2D eigenvalue weighted by Crippen LogP contribution is 2.15. The molecule has 0 radical (unpaired) electrons. The van der Waals surface area contributed by atoms with Gasteiger partial charge in [0.2, 0.25) is 0 Å². The highest BCUT2D eigenvalue weighted by Gasteiger charge is 2.19. The summed E-state index contributed by atoms with van der Waals surface area (Å²) in [4.78, 5) is 2.90. The fourth-order valence-corrected chi connectivity index (χ4v) is 3.38. The molecule has 0 saturated heterocycles. The maximum atomic E-state index is 12.1. The molecule has 1 rings (SSSR count). The van der Waals surface area contributed by atoms with Gasteiger partial charge >= 0.3 is 0 Å². The van der Waals surface area contributed by atoms with Gasteiger partial charge in [0.1, 0.15) is 0 Å². The molecule has 6 nitrogen and oxygen atoms in total. The van der Waals surface area contributed by atoms with Crippen LogP contribution >= 0.6 is 0 Å². The molecule has 0 amide bonds. The van der Waals surface area contributed by atoms with Gasteiger partial charge in [0, 0.05) is 11.5 Å². The van der Waals surface area contributed by atoms with Gasteiger partial charge in [-0.3, -0.25) is 0 Å². The molecule has 0 fully saturated rings. The number of hydrogen-bond acceptors (Lipinski definition) is 4. The largest absolute Gasteiger partial charge is 0.392 e. The molecule has 0 spiro atoms. The minimum atomic E-state index is -3.44. The van der Waals surface area contributed by atoms with Gasteiger partial charge in [0.25, 0.3) is 0 Å². The topological polar surface area (TPSA) is 103 Å². The molecular formula is C14H21N3O3S. The van der Waals surface area contributed by atoms with E-state index in [-0.39, 0.29) is 10.6 Å². The lowest BCUT2D eigenvalue weighted by atomic mass is 10.1. The molecule has 21 heavy (non-hydrogen) atoms. The minimum absolute atomic E-state index is 0.246. The first kappa shape index (κ1) is 17.5. The zero-order valence-corrected chi connectivity index (χ0v) is 13.0. The van der Waals surface area contributed by atoms with Gasteiger partial charge in [-0.05, 0) is 37.4 Å². The fourth-order valence-electron chi connectivity index (χ4n) is 1.96. The van der Waals surface area contributed by atoms with Gasteiger partial charge < -0.3 is 5.11 Å². The first-order valence-electron chi connectivity index (χ1n) is 6.94. The summed E-state index contributed by atoms with van der Waals surface area (Å²) < 4.78 is 24.2. The van der Waals surface area contributed by atoms with Gasteiger partial charge in [-0.1, -0.05) is 35.7 Å². The van der Waals surface area contributed by atoms with Crippen LogP contribution in [0.2, 0.25) is 0 Å². The normalized spacial score (nSPS) is 12.7. The third kappa shape index (κ3) is 6.62. The molecule has 7 heteroatoms. The number of aryl methyl sites for hydroxylation is 1. The highest BCUT2D eigenvalue weighted by atomic mass is 32.2. The Labute approximate surface area is 125 Å². The van der Waals surface area contributed by atoms with Crippen LogP contribution in [0.4, 0.5) is 0 Å². The van der Waals surface area contributed by atoms with Crippen molar-refractivity contribution in [1.82, 2.24) is 0 Å². The van der Waals surface area contributed by atoms with Crippen LogP contribution in [0.25, 0.3) is 10.4 Å². The van der Waals surface area contributed by atoms with Crippen molar-refractivity contribution in [2.45, 2.75) is 43.6 Å². The van der Waals surface area contributed by atoms with E-state index in [0.29, 0.717) is 19.4 Å². The summed E-state index contributed by atoms with van der Waals surface area (Å²) in [5.41, 5.74) is 9.11. The number of azide groups is 1. The highest BCUT2D eigenvalue weighted by molar-refractivity contribution is 7.91. The van der Waals surface area contributed by atoms with Crippen LogP contribution < -0.4 is 0 Å². The van der Waals surface area contributed by atoms with Crippen molar-refractivity contribution in [3.05, 3.63) is 40.3 Å². The molecule has 0 aliphatic rings. The number of sulfone groups is 1. The van der Waals surface area contributed by atoms with E-state index in [9.17, 15) is 13.5 Å². The van der Waals surface area contributed by atoms with Gasteiger partial charge in [-0.15, -0.1) is 0 Å². The zero-order valence-electron chi connectivity index (χ0n) is 12.1. The van der Waals surface area contributed by atoms with Crippen molar-refractivity contribution < 1.29 is 13.5 Å². The maximum absolute atomic E-state index is 12.1. The lowest BCUT2D eigenvalue weighted by Crippen LogP contribution is -2.21. The average molecular weight is 311 g/mol. The van der Waals surface area contributed by atoms with Gasteiger partial charge in [0.05, 0.1) is 16.8 Å². The van der Waals surface area contributed by atoms with Crippen LogP contribution in [0.1, 0.15) is 31.2 Å². The number of benzene rings is 1. The predicted molar refractivity (Wildman–Crippen MR) is 81.7 cm³/mol. The average Bonchev–Trinajstić information content (AvgIpc) is 2.42. The summed E-state index contributed by atoms with van der Waals surface area (Å²) in [6, 6.07) is 6.62. The van der Waals surface area contributed by atoms with E-state index >= 15 is 0 Å². The molecule has 0 aliphatic carbocycles. The first-order chi connectivity index (χ1) is 9.95. The fraction of sp³-hybridized carbons (Fsp3) is 0.571. The lowest BCUT2D eigenvalue weighted by molar-refractivity contribution is 0.183. The molecule has 1 N–H and O–H groups in total. The summed E-state index contributed by atoms with van der Waals surface area (Å²) in [5.74, 6) is -0.258. The van der Waals surface area contributed by atoms with Crippen LogP contribution in [0.15, 0.2) is 34.3 Å². The molecule has 1 aromatic carbocycles. The third-order valence-electron chi connectivity index (χ3n) is 3.15. The number of aliphatic hydroxyl groups is 1. The lowest BCUT2D eigenvalue weighted by Gasteiger charge is -2.11. The van der Waals surface area contributed by atoms with Crippen LogP contribution in [0, 0.1) is 6.92 Å². The molecule has 1 unspecified atom stereocenters. The van der Waals surface area contributed by atoms with Crippen molar-refractivity contribution >= 4 is 9.84 Å². The zero-order chi connectivity index (χ0) is 15.7. The Bertz CT molecular complexity index is 578. The predicted octanol–water partition coefficient (Wildman–Crippen LogP) is 3.00. The Morgan fingerprint density at radius 3 is 2.52 bits per heavy atom. The van der Waals surface area contributed by atoms with Crippen molar-refractivity contribution in [2.24, 2.45) is 5.11 Å². The van der Waals surface area contributed by atoms with Gasteiger partial charge in [-0.2, -0.15) is 0 Å². The summed E-state index contributed by atoms with van der Waals surface area (Å²) in [6.07, 6.45) is 1.84. The van der Waals surface area contributed by atoms with E-state index in [1.54, 1.807) is 24.3 Å². The number of nitrogens with zero attached hydrogens (tertiary/aromatic N) is 3. The minimum Gasteiger partial charge on any atom is -0.392 e. The summed E-state index contributed by atoms with van der Waals surface area (Å²) >= 11 is 0. The number of aliphatic hydroxyl groups excluding tert-OH is 1.